The molecule has 0 spiro atoms. The third kappa shape index (κ3) is 44.7. The Hall–Kier alpha value is -1.50. The molecule has 0 saturated heterocycles. The molecule has 15 nitrogen and oxygen atoms in total. The van der Waals surface area contributed by atoms with Gasteiger partial charge in [0, 0.05) is 12.8 Å². The molecule has 15 heteroatoms. The van der Waals surface area contributed by atoms with Gasteiger partial charge in [-0.3, -0.25) is 9.59 Å². The molecule has 0 N–H and O–H groups in total. The molecule has 0 amide bonds. The van der Waals surface area contributed by atoms with Crippen molar-refractivity contribution in [2.24, 2.45) is 0 Å². The molecule has 0 radical (unpaired) electrons. The number of carbonyl (C=O) groups excluding carboxylic acids is 2. The zero-order valence-electron chi connectivity index (χ0n) is 32.5. The highest BCUT2D eigenvalue weighted by Gasteiger charge is 2.03. The Bertz CT molecular complexity index is 717. The first-order valence-corrected chi connectivity index (χ1v) is 19.4. The lowest BCUT2D eigenvalue weighted by atomic mass is 10.1. The average Bonchev–Trinajstić information content (AvgIpc) is 3.14. The van der Waals surface area contributed by atoms with Gasteiger partial charge < -0.3 is 61.6 Å². The van der Waals surface area contributed by atoms with Gasteiger partial charge >= 0.3 is 11.9 Å². The summed E-state index contributed by atoms with van der Waals surface area (Å²) in [6.07, 6.45) is 8.62. The predicted molar refractivity (Wildman–Crippen MR) is 194 cm³/mol. The van der Waals surface area contributed by atoms with E-state index in [1.165, 1.54) is 25.7 Å². The molecule has 0 atom stereocenters. The van der Waals surface area contributed by atoms with Crippen LogP contribution in [0.1, 0.15) is 71.6 Å². The maximum absolute atomic E-state index is 11.7. The normalized spacial score (nSPS) is 11.3. The molecule has 0 aromatic rings. The Kier molecular flexibility index (Phi) is 44.3. The molecule has 52 heavy (non-hydrogen) atoms. The Morgan fingerprint density at radius 2 is 0.500 bits per heavy atom. The van der Waals surface area contributed by atoms with Crippen LogP contribution in [0.2, 0.25) is 0 Å². The molecule has 0 aliphatic carbocycles. The van der Waals surface area contributed by atoms with Crippen molar-refractivity contribution in [1.82, 2.24) is 0 Å². The number of rotatable bonds is 45. The third-order valence-corrected chi connectivity index (χ3v) is 6.89. The zero-order chi connectivity index (χ0) is 37.7. The number of ether oxygens (including phenoxy) is 13. The van der Waals surface area contributed by atoms with Crippen LogP contribution in [-0.4, -0.2) is 171 Å². The minimum atomic E-state index is -0.191. The summed E-state index contributed by atoms with van der Waals surface area (Å²) in [5.41, 5.74) is 0. The molecule has 0 unspecified atom stereocenters. The highest BCUT2D eigenvalue weighted by atomic mass is 16.6. The van der Waals surface area contributed by atoms with Crippen molar-refractivity contribution in [1.29, 1.82) is 0 Å². The predicted octanol–water partition coefficient (Wildman–Crippen LogP) is 3.81. The summed E-state index contributed by atoms with van der Waals surface area (Å²) in [5.74, 6) is -0.338. The van der Waals surface area contributed by atoms with E-state index in [-0.39, 0.29) is 25.2 Å². The Morgan fingerprint density at radius 1 is 0.269 bits per heavy atom. The molecule has 0 fully saturated rings. The third-order valence-electron chi connectivity index (χ3n) is 6.89. The lowest BCUT2D eigenvalue weighted by molar-refractivity contribution is -0.146. The Labute approximate surface area is 313 Å². The quantitative estimate of drug-likeness (QED) is 0.0653. The van der Waals surface area contributed by atoms with Crippen LogP contribution in [0.25, 0.3) is 0 Å². The molecule has 0 bridgehead atoms. The topological polar surface area (TPSA) is 154 Å². The van der Waals surface area contributed by atoms with Crippen LogP contribution in [0.4, 0.5) is 0 Å². The molecule has 0 aromatic carbocycles. The summed E-state index contributed by atoms with van der Waals surface area (Å²) < 4.78 is 70.1. The first-order chi connectivity index (χ1) is 25.7. The largest absolute Gasteiger partial charge is 0.463 e. The maximum atomic E-state index is 11.7. The van der Waals surface area contributed by atoms with Gasteiger partial charge in [0.15, 0.2) is 0 Å². The van der Waals surface area contributed by atoms with Crippen LogP contribution in [-0.2, 0) is 71.2 Å². The van der Waals surface area contributed by atoms with Crippen molar-refractivity contribution in [3.63, 3.8) is 0 Å². The highest BCUT2D eigenvalue weighted by Crippen LogP contribution is 2.07. The second kappa shape index (κ2) is 45.7. The van der Waals surface area contributed by atoms with E-state index < -0.39 is 0 Å². The first kappa shape index (κ1) is 50.5. The summed E-state index contributed by atoms with van der Waals surface area (Å²) in [6.45, 7) is 15.1. The smallest absolute Gasteiger partial charge is 0.305 e. The van der Waals surface area contributed by atoms with Crippen molar-refractivity contribution in [2.45, 2.75) is 71.6 Å². The van der Waals surface area contributed by atoms with Gasteiger partial charge in [0.1, 0.15) is 13.2 Å². The molecule has 310 valence electrons. The van der Waals surface area contributed by atoms with Crippen molar-refractivity contribution in [3.8, 4) is 0 Å². The second-order valence-electron chi connectivity index (χ2n) is 11.4. The zero-order valence-corrected chi connectivity index (χ0v) is 32.5. The van der Waals surface area contributed by atoms with E-state index >= 15 is 0 Å². The van der Waals surface area contributed by atoms with Crippen molar-refractivity contribution >= 4 is 11.9 Å². The van der Waals surface area contributed by atoms with E-state index in [1.807, 2.05) is 6.92 Å². The lowest BCUT2D eigenvalue weighted by Gasteiger charge is -2.09. The van der Waals surface area contributed by atoms with E-state index in [0.29, 0.717) is 158 Å². The van der Waals surface area contributed by atoms with E-state index in [1.54, 1.807) is 0 Å². The van der Waals surface area contributed by atoms with Crippen molar-refractivity contribution in [2.75, 3.05) is 159 Å². The SMILES string of the molecule is CCCCCCCCC(=O)OCCOCCOCCOCCOCCOCCOCCOCCOCCOCCOCCOCCOC(=O)CCC. The van der Waals surface area contributed by atoms with Gasteiger partial charge in [-0.25, -0.2) is 0 Å². The van der Waals surface area contributed by atoms with Crippen LogP contribution >= 0.6 is 0 Å². The van der Waals surface area contributed by atoms with Crippen LogP contribution in [0.15, 0.2) is 0 Å². The van der Waals surface area contributed by atoms with Gasteiger partial charge in [-0.2, -0.15) is 0 Å². The van der Waals surface area contributed by atoms with Crippen molar-refractivity contribution < 1.29 is 71.2 Å². The number of hydrogen-bond donors (Lipinski definition) is 0. The fourth-order valence-electron chi connectivity index (χ4n) is 4.13. The van der Waals surface area contributed by atoms with Gasteiger partial charge in [-0.15, -0.1) is 0 Å². The van der Waals surface area contributed by atoms with E-state index in [9.17, 15) is 9.59 Å². The van der Waals surface area contributed by atoms with Crippen LogP contribution in [0.3, 0.4) is 0 Å². The van der Waals surface area contributed by atoms with E-state index in [4.69, 9.17) is 61.6 Å². The van der Waals surface area contributed by atoms with Crippen LogP contribution < -0.4 is 0 Å². The summed E-state index contributed by atoms with van der Waals surface area (Å²) in [6, 6.07) is 0. The van der Waals surface area contributed by atoms with Crippen molar-refractivity contribution in [3.05, 3.63) is 0 Å². The molecule has 0 aliphatic heterocycles. The lowest BCUT2D eigenvalue weighted by Crippen LogP contribution is -2.16. The van der Waals surface area contributed by atoms with E-state index in [0.717, 1.165) is 19.3 Å². The summed E-state index contributed by atoms with van der Waals surface area (Å²) in [7, 11) is 0. The summed E-state index contributed by atoms with van der Waals surface area (Å²) in [5, 5.41) is 0. The number of unbranched alkanes of at least 4 members (excludes halogenated alkanes) is 5. The van der Waals surface area contributed by atoms with Gasteiger partial charge in [0.05, 0.1) is 145 Å². The van der Waals surface area contributed by atoms with E-state index in [2.05, 4.69) is 6.92 Å². The monoisotopic (exact) mass is 756 g/mol. The molecular formula is C37H72O15. The first-order valence-electron chi connectivity index (χ1n) is 19.4. The summed E-state index contributed by atoms with van der Waals surface area (Å²) >= 11 is 0. The average molecular weight is 757 g/mol. The number of hydrogen-bond acceptors (Lipinski definition) is 15. The molecule has 0 rings (SSSR count). The number of esters is 2. The summed E-state index contributed by atoms with van der Waals surface area (Å²) in [4.78, 5) is 22.9. The van der Waals surface area contributed by atoms with Gasteiger partial charge in [-0.05, 0) is 12.8 Å². The molecule has 0 aromatic heterocycles. The highest BCUT2D eigenvalue weighted by molar-refractivity contribution is 5.69. The van der Waals surface area contributed by atoms with Crippen LogP contribution in [0.5, 0.6) is 0 Å². The van der Waals surface area contributed by atoms with Gasteiger partial charge in [0.2, 0.25) is 0 Å². The van der Waals surface area contributed by atoms with Gasteiger partial charge in [-0.1, -0.05) is 46.0 Å². The minimum absolute atomic E-state index is 0.147. The second-order valence-corrected chi connectivity index (χ2v) is 11.4. The number of carbonyl (C=O) groups is 2. The standard InChI is InChI=1S/C37H72O15/c1-3-5-6-7-8-9-11-37(39)52-35-33-50-31-29-48-27-25-46-23-21-44-19-17-42-15-13-40-12-14-41-16-18-43-20-22-45-24-26-47-28-30-49-32-34-51-36(38)10-4-2/h3-35H2,1-2H3. The molecule has 0 saturated carbocycles. The minimum Gasteiger partial charge on any atom is -0.463 e. The fraction of sp³-hybridized carbons (Fsp3) is 0.946. The van der Waals surface area contributed by atoms with Crippen LogP contribution in [0, 0.1) is 0 Å². The fourth-order valence-corrected chi connectivity index (χ4v) is 4.13. The Morgan fingerprint density at radius 3 is 0.769 bits per heavy atom. The molecule has 0 heterocycles. The Balaban J connectivity index is 3.11. The van der Waals surface area contributed by atoms with Gasteiger partial charge in [0.25, 0.3) is 0 Å². The molecular weight excluding hydrogens is 684 g/mol. The molecule has 0 aliphatic rings. The maximum Gasteiger partial charge on any atom is 0.305 e.